The van der Waals surface area contributed by atoms with Gasteiger partial charge in [0.25, 0.3) is 0 Å². The molecule has 1 rings (SSSR count). The van der Waals surface area contributed by atoms with Crippen LogP contribution in [0, 0.1) is 6.92 Å². The average Bonchev–Trinajstić information content (AvgIpc) is 2.14. The first-order valence-electron chi connectivity index (χ1n) is 4.42. The molecule has 0 N–H and O–H groups in total. The summed E-state index contributed by atoms with van der Waals surface area (Å²) in [7, 11) is 0. The van der Waals surface area contributed by atoms with E-state index in [9.17, 15) is 9.59 Å². The maximum Gasteiger partial charge on any atom is 0.181 e. The lowest BCUT2D eigenvalue weighted by molar-refractivity contribution is -0.116. The van der Waals surface area contributed by atoms with E-state index in [2.05, 4.69) is 9.97 Å². The van der Waals surface area contributed by atoms with Crippen LogP contribution in [0.4, 0.5) is 0 Å². The third-order valence-electron chi connectivity index (χ3n) is 1.77. The molecule has 0 saturated carbocycles. The van der Waals surface area contributed by atoms with Crippen LogP contribution in [0.15, 0.2) is 12.3 Å². The average molecular weight is 192 g/mol. The van der Waals surface area contributed by atoms with Crippen LogP contribution >= 0.6 is 0 Å². The fourth-order valence-electron chi connectivity index (χ4n) is 1.03. The van der Waals surface area contributed by atoms with Crippen molar-refractivity contribution in [2.45, 2.75) is 26.7 Å². The van der Waals surface area contributed by atoms with Gasteiger partial charge in [0.2, 0.25) is 0 Å². The van der Waals surface area contributed by atoms with Gasteiger partial charge < -0.3 is 4.79 Å². The molecule has 0 atom stereocenters. The monoisotopic (exact) mass is 192 g/mol. The maximum atomic E-state index is 11.5. The number of rotatable bonds is 4. The van der Waals surface area contributed by atoms with Crippen molar-refractivity contribution in [3.05, 3.63) is 23.8 Å². The molecule has 0 aliphatic carbocycles. The molecule has 0 aromatic carbocycles. The summed E-state index contributed by atoms with van der Waals surface area (Å²) >= 11 is 0. The molecule has 0 aliphatic heterocycles. The highest BCUT2D eigenvalue weighted by atomic mass is 16.1. The topological polar surface area (TPSA) is 59.9 Å². The molecule has 0 fully saturated rings. The van der Waals surface area contributed by atoms with E-state index in [1.54, 1.807) is 19.2 Å². The Morgan fingerprint density at radius 1 is 1.36 bits per heavy atom. The van der Waals surface area contributed by atoms with Gasteiger partial charge in [-0.2, -0.15) is 0 Å². The van der Waals surface area contributed by atoms with E-state index >= 15 is 0 Å². The molecule has 1 aromatic rings. The van der Waals surface area contributed by atoms with Gasteiger partial charge in [0.1, 0.15) is 17.3 Å². The Labute approximate surface area is 82.4 Å². The normalized spacial score (nSPS) is 9.86. The number of carbonyl (C=O) groups excluding carboxylic acids is 2. The molecule has 14 heavy (non-hydrogen) atoms. The minimum Gasteiger partial charge on any atom is -0.300 e. The molecule has 0 spiro atoms. The van der Waals surface area contributed by atoms with E-state index in [0.717, 1.165) is 0 Å². The number of carbonyl (C=O) groups is 2. The van der Waals surface area contributed by atoms with Crippen molar-refractivity contribution in [2.24, 2.45) is 0 Å². The predicted octanol–water partition coefficient (Wildman–Crippen LogP) is 1.34. The Kier molecular flexibility index (Phi) is 3.45. The second-order valence-electron chi connectivity index (χ2n) is 3.11. The number of nitrogens with zero attached hydrogens (tertiary/aromatic N) is 2. The quantitative estimate of drug-likeness (QED) is 0.675. The molecule has 4 heteroatoms. The molecule has 1 aromatic heterocycles. The molecule has 0 amide bonds. The van der Waals surface area contributed by atoms with Crippen molar-refractivity contribution in [1.29, 1.82) is 0 Å². The molecular weight excluding hydrogens is 180 g/mol. The van der Waals surface area contributed by atoms with Crippen LogP contribution in [0.3, 0.4) is 0 Å². The molecule has 1 heterocycles. The van der Waals surface area contributed by atoms with Gasteiger partial charge in [-0.25, -0.2) is 9.97 Å². The van der Waals surface area contributed by atoms with Gasteiger partial charge in [-0.15, -0.1) is 0 Å². The highest BCUT2D eigenvalue weighted by molar-refractivity contribution is 5.96. The van der Waals surface area contributed by atoms with Gasteiger partial charge in [0.15, 0.2) is 5.78 Å². The number of hydrogen-bond acceptors (Lipinski definition) is 4. The molecule has 0 unspecified atom stereocenters. The van der Waals surface area contributed by atoms with Gasteiger partial charge in [0, 0.05) is 19.0 Å². The first kappa shape index (κ1) is 10.5. The first-order chi connectivity index (χ1) is 6.59. The number of ketones is 2. The summed E-state index contributed by atoms with van der Waals surface area (Å²) in [6, 6.07) is 1.56. The van der Waals surface area contributed by atoms with Crippen LogP contribution < -0.4 is 0 Å². The molecule has 4 nitrogen and oxygen atoms in total. The summed E-state index contributed by atoms with van der Waals surface area (Å²) in [6.07, 6.45) is 2.05. The van der Waals surface area contributed by atoms with Crippen LogP contribution in [0.2, 0.25) is 0 Å². The lowest BCUT2D eigenvalue weighted by Crippen LogP contribution is -2.05. The summed E-state index contributed by atoms with van der Waals surface area (Å²) in [5.41, 5.74) is 0.388. The van der Waals surface area contributed by atoms with Gasteiger partial charge in [-0.1, -0.05) is 0 Å². The largest absolute Gasteiger partial charge is 0.300 e. The minimum atomic E-state index is -0.106. The molecule has 0 bridgehead atoms. The van der Waals surface area contributed by atoms with Gasteiger partial charge in [-0.3, -0.25) is 4.79 Å². The summed E-state index contributed by atoms with van der Waals surface area (Å²) in [4.78, 5) is 30.0. The van der Waals surface area contributed by atoms with Crippen LogP contribution in [-0.4, -0.2) is 21.5 Å². The van der Waals surface area contributed by atoms with Crippen molar-refractivity contribution >= 4 is 11.6 Å². The zero-order chi connectivity index (χ0) is 10.6. The number of hydrogen-bond donors (Lipinski definition) is 0. The smallest absolute Gasteiger partial charge is 0.181 e. The van der Waals surface area contributed by atoms with E-state index in [0.29, 0.717) is 11.5 Å². The fraction of sp³-hybridized carbons (Fsp3) is 0.400. The third-order valence-corrected chi connectivity index (χ3v) is 1.77. The van der Waals surface area contributed by atoms with Gasteiger partial charge in [0.05, 0.1) is 0 Å². The van der Waals surface area contributed by atoms with Crippen LogP contribution in [0.1, 0.15) is 36.1 Å². The highest BCUT2D eigenvalue weighted by Gasteiger charge is 2.08. The Hall–Kier alpha value is -1.58. The maximum absolute atomic E-state index is 11.5. The summed E-state index contributed by atoms with van der Waals surface area (Å²) in [5.74, 6) is 0.480. The Morgan fingerprint density at radius 3 is 2.64 bits per heavy atom. The Balaban J connectivity index is 2.65. The summed E-state index contributed by atoms with van der Waals surface area (Å²) in [6.45, 7) is 3.19. The lowest BCUT2D eigenvalue weighted by atomic mass is 10.1. The number of aryl methyl sites for hydroxylation is 1. The fourth-order valence-corrected chi connectivity index (χ4v) is 1.03. The first-order valence-corrected chi connectivity index (χ1v) is 4.42. The standard InChI is InChI=1S/C10H12N2O2/c1-7(13)3-4-10(14)9-5-6-11-8(2)12-9/h5-6H,3-4H2,1-2H3. The van der Waals surface area contributed by atoms with Crippen molar-refractivity contribution in [1.82, 2.24) is 9.97 Å². The molecule has 0 aliphatic rings. The van der Waals surface area contributed by atoms with E-state index in [1.165, 1.54) is 6.92 Å². The summed E-state index contributed by atoms with van der Waals surface area (Å²) in [5, 5.41) is 0. The van der Waals surface area contributed by atoms with Crippen LogP contribution in [0.25, 0.3) is 0 Å². The number of aromatic nitrogens is 2. The number of Topliss-reactive ketones (excluding diaryl/α,β-unsaturated/α-hetero) is 2. The SMILES string of the molecule is CC(=O)CCC(=O)c1ccnc(C)n1. The van der Waals surface area contributed by atoms with Crippen molar-refractivity contribution in [3.8, 4) is 0 Å². The van der Waals surface area contributed by atoms with Crippen LogP contribution in [-0.2, 0) is 4.79 Å². The van der Waals surface area contributed by atoms with E-state index < -0.39 is 0 Å². The Morgan fingerprint density at radius 2 is 2.07 bits per heavy atom. The van der Waals surface area contributed by atoms with Gasteiger partial charge in [-0.05, 0) is 19.9 Å². The molecule has 74 valence electrons. The second kappa shape index (κ2) is 4.60. The Bertz CT molecular complexity index is 361. The van der Waals surface area contributed by atoms with E-state index in [1.807, 2.05) is 0 Å². The highest BCUT2D eigenvalue weighted by Crippen LogP contribution is 2.02. The van der Waals surface area contributed by atoms with Gasteiger partial charge >= 0.3 is 0 Å². The van der Waals surface area contributed by atoms with Crippen molar-refractivity contribution in [3.63, 3.8) is 0 Å². The molecular formula is C10H12N2O2. The third kappa shape index (κ3) is 3.05. The molecule has 0 radical (unpaired) electrons. The van der Waals surface area contributed by atoms with E-state index in [-0.39, 0.29) is 24.4 Å². The predicted molar refractivity (Wildman–Crippen MR) is 51.0 cm³/mol. The van der Waals surface area contributed by atoms with Crippen molar-refractivity contribution in [2.75, 3.05) is 0 Å². The van der Waals surface area contributed by atoms with Crippen LogP contribution in [0.5, 0.6) is 0 Å². The minimum absolute atomic E-state index is 0.0177. The zero-order valence-electron chi connectivity index (χ0n) is 8.28. The van der Waals surface area contributed by atoms with Crippen molar-refractivity contribution < 1.29 is 9.59 Å². The summed E-state index contributed by atoms with van der Waals surface area (Å²) < 4.78 is 0. The molecule has 0 saturated heterocycles. The zero-order valence-corrected chi connectivity index (χ0v) is 8.28. The lowest BCUT2D eigenvalue weighted by Gasteiger charge is -1.98. The van der Waals surface area contributed by atoms with E-state index in [4.69, 9.17) is 0 Å². The second-order valence-corrected chi connectivity index (χ2v) is 3.11.